The van der Waals surface area contributed by atoms with Gasteiger partial charge in [-0.1, -0.05) is 13.8 Å². The van der Waals surface area contributed by atoms with E-state index in [1.165, 1.54) is 0 Å². The minimum atomic E-state index is -0.877. The maximum atomic E-state index is 11.2. The second-order valence-electron chi connectivity index (χ2n) is 4.18. The van der Waals surface area contributed by atoms with Gasteiger partial charge in [-0.3, -0.25) is 9.59 Å². The van der Waals surface area contributed by atoms with Crippen LogP contribution in [0.5, 0.6) is 0 Å². The van der Waals surface area contributed by atoms with E-state index in [4.69, 9.17) is 9.84 Å². The summed E-state index contributed by atoms with van der Waals surface area (Å²) < 4.78 is 5.11. The average Bonchev–Trinajstić information content (AvgIpc) is 2.00. The van der Waals surface area contributed by atoms with E-state index in [1.54, 1.807) is 0 Å². The predicted molar refractivity (Wildman–Crippen MR) is 56.5 cm³/mol. The number of ether oxygens (including phenoxy) is 1. The van der Waals surface area contributed by atoms with Crippen molar-refractivity contribution >= 4 is 11.9 Å². The molecule has 0 aliphatic rings. The van der Waals surface area contributed by atoms with Crippen molar-refractivity contribution in [3.63, 3.8) is 0 Å². The third-order valence-electron chi connectivity index (χ3n) is 1.91. The van der Waals surface area contributed by atoms with Gasteiger partial charge in [-0.2, -0.15) is 0 Å². The number of carbonyl (C=O) groups is 2. The maximum Gasteiger partial charge on any atom is 0.306 e. The van der Waals surface area contributed by atoms with E-state index in [-0.39, 0.29) is 24.9 Å². The van der Waals surface area contributed by atoms with Gasteiger partial charge in [-0.25, -0.2) is 0 Å². The van der Waals surface area contributed by atoms with Crippen molar-refractivity contribution in [2.45, 2.75) is 52.6 Å². The Balaban J connectivity index is 3.60. The molecule has 1 unspecified atom stereocenters. The molecule has 0 heterocycles. The first-order chi connectivity index (χ1) is 6.91. The minimum absolute atomic E-state index is 0.0215. The molecule has 0 aromatic carbocycles. The van der Waals surface area contributed by atoms with Crippen LogP contribution < -0.4 is 0 Å². The molecule has 0 bridgehead atoms. The minimum Gasteiger partial charge on any atom is -0.481 e. The van der Waals surface area contributed by atoms with Crippen LogP contribution in [-0.4, -0.2) is 23.1 Å². The number of rotatable bonds is 7. The van der Waals surface area contributed by atoms with Crippen LogP contribution in [-0.2, 0) is 14.3 Å². The number of carbonyl (C=O) groups excluding carboxylic acids is 1. The lowest BCUT2D eigenvalue weighted by Gasteiger charge is -2.14. The molecule has 0 aromatic heterocycles. The molecule has 4 heteroatoms. The Bertz CT molecular complexity index is 211. The summed E-state index contributed by atoms with van der Waals surface area (Å²) >= 11 is 0. The summed E-state index contributed by atoms with van der Waals surface area (Å²) in [7, 11) is 0. The standard InChI is InChI=1S/C11H20O4/c1-8(2)7-9(3)15-11(14)6-4-5-10(12)13/h8-9H,4-7H2,1-3H3,(H,12,13). The number of hydrogen-bond donors (Lipinski definition) is 1. The Morgan fingerprint density at radius 2 is 1.80 bits per heavy atom. The van der Waals surface area contributed by atoms with Gasteiger partial charge in [-0.15, -0.1) is 0 Å². The summed E-state index contributed by atoms with van der Waals surface area (Å²) in [5.74, 6) is -0.686. The molecule has 4 nitrogen and oxygen atoms in total. The zero-order valence-corrected chi connectivity index (χ0v) is 9.66. The number of aliphatic carboxylic acids is 1. The molecule has 0 aliphatic carbocycles. The van der Waals surface area contributed by atoms with E-state index in [1.807, 2.05) is 6.92 Å². The van der Waals surface area contributed by atoms with Crippen LogP contribution in [0.15, 0.2) is 0 Å². The largest absolute Gasteiger partial charge is 0.481 e. The first kappa shape index (κ1) is 13.9. The fraction of sp³-hybridized carbons (Fsp3) is 0.818. The van der Waals surface area contributed by atoms with Crippen LogP contribution in [0.1, 0.15) is 46.5 Å². The highest BCUT2D eigenvalue weighted by Gasteiger charge is 2.11. The van der Waals surface area contributed by atoms with Gasteiger partial charge in [0.05, 0.1) is 6.10 Å². The highest BCUT2D eigenvalue weighted by atomic mass is 16.5. The van der Waals surface area contributed by atoms with Gasteiger partial charge in [0, 0.05) is 12.8 Å². The van der Waals surface area contributed by atoms with E-state index in [2.05, 4.69) is 13.8 Å². The molecule has 0 aliphatic heterocycles. The zero-order chi connectivity index (χ0) is 11.8. The van der Waals surface area contributed by atoms with Crippen LogP contribution in [0.2, 0.25) is 0 Å². The third kappa shape index (κ3) is 9.25. The Hall–Kier alpha value is -1.06. The molecule has 0 aromatic rings. The van der Waals surface area contributed by atoms with Crippen LogP contribution in [0.25, 0.3) is 0 Å². The Kier molecular flexibility index (Phi) is 6.75. The van der Waals surface area contributed by atoms with E-state index >= 15 is 0 Å². The number of esters is 1. The lowest BCUT2D eigenvalue weighted by atomic mass is 10.1. The number of carboxylic acids is 1. The summed E-state index contributed by atoms with van der Waals surface area (Å²) in [6.45, 7) is 5.98. The van der Waals surface area contributed by atoms with Crippen molar-refractivity contribution in [3.05, 3.63) is 0 Å². The van der Waals surface area contributed by atoms with E-state index in [0.717, 1.165) is 6.42 Å². The topological polar surface area (TPSA) is 63.6 Å². The van der Waals surface area contributed by atoms with Gasteiger partial charge in [0.2, 0.25) is 0 Å². The third-order valence-corrected chi connectivity index (χ3v) is 1.91. The van der Waals surface area contributed by atoms with Gasteiger partial charge in [0.1, 0.15) is 0 Å². The molecular weight excluding hydrogens is 196 g/mol. The lowest BCUT2D eigenvalue weighted by molar-refractivity contribution is -0.149. The summed E-state index contributed by atoms with van der Waals surface area (Å²) in [5, 5.41) is 8.38. The van der Waals surface area contributed by atoms with Crippen molar-refractivity contribution in [2.75, 3.05) is 0 Å². The van der Waals surface area contributed by atoms with Gasteiger partial charge in [0.25, 0.3) is 0 Å². The first-order valence-corrected chi connectivity index (χ1v) is 5.33. The normalized spacial score (nSPS) is 12.5. The monoisotopic (exact) mass is 216 g/mol. The molecule has 0 rings (SSSR count). The van der Waals surface area contributed by atoms with Crippen molar-refractivity contribution in [2.24, 2.45) is 5.92 Å². The van der Waals surface area contributed by atoms with Crippen LogP contribution in [0.4, 0.5) is 0 Å². The fourth-order valence-corrected chi connectivity index (χ4v) is 1.38. The highest BCUT2D eigenvalue weighted by Crippen LogP contribution is 2.09. The molecule has 0 saturated carbocycles. The van der Waals surface area contributed by atoms with Crippen molar-refractivity contribution in [1.82, 2.24) is 0 Å². The average molecular weight is 216 g/mol. The highest BCUT2D eigenvalue weighted by molar-refractivity contribution is 5.71. The molecule has 0 saturated heterocycles. The fourth-order valence-electron chi connectivity index (χ4n) is 1.38. The molecule has 0 radical (unpaired) electrons. The van der Waals surface area contributed by atoms with Gasteiger partial charge in [0.15, 0.2) is 0 Å². The van der Waals surface area contributed by atoms with Crippen LogP contribution in [0.3, 0.4) is 0 Å². The molecular formula is C11H20O4. The summed E-state index contributed by atoms with van der Waals surface area (Å²) in [4.78, 5) is 21.4. The second kappa shape index (κ2) is 7.26. The van der Waals surface area contributed by atoms with Gasteiger partial charge >= 0.3 is 11.9 Å². The van der Waals surface area contributed by atoms with E-state index in [9.17, 15) is 9.59 Å². The summed E-state index contributed by atoms with van der Waals surface area (Å²) in [5.41, 5.74) is 0. The quantitative estimate of drug-likeness (QED) is 0.663. The molecule has 0 spiro atoms. The van der Waals surface area contributed by atoms with Crippen molar-refractivity contribution in [3.8, 4) is 0 Å². The SMILES string of the molecule is CC(C)CC(C)OC(=O)CCCC(=O)O. The molecule has 15 heavy (non-hydrogen) atoms. The lowest BCUT2D eigenvalue weighted by Crippen LogP contribution is -2.16. The summed E-state index contributed by atoms with van der Waals surface area (Å²) in [6.07, 6.45) is 1.32. The smallest absolute Gasteiger partial charge is 0.306 e. The van der Waals surface area contributed by atoms with Crippen LogP contribution >= 0.6 is 0 Å². The Labute approximate surface area is 90.6 Å². The molecule has 88 valence electrons. The number of hydrogen-bond acceptors (Lipinski definition) is 3. The summed E-state index contributed by atoms with van der Waals surface area (Å²) in [6, 6.07) is 0. The molecule has 1 atom stereocenters. The van der Waals surface area contributed by atoms with Crippen molar-refractivity contribution < 1.29 is 19.4 Å². The predicted octanol–water partition coefficient (Wildman–Crippen LogP) is 2.22. The second-order valence-corrected chi connectivity index (χ2v) is 4.18. The first-order valence-electron chi connectivity index (χ1n) is 5.33. The molecule has 0 amide bonds. The van der Waals surface area contributed by atoms with Crippen LogP contribution in [0, 0.1) is 5.92 Å². The van der Waals surface area contributed by atoms with Gasteiger partial charge in [-0.05, 0) is 25.7 Å². The van der Waals surface area contributed by atoms with Gasteiger partial charge < -0.3 is 9.84 Å². The van der Waals surface area contributed by atoms with Crippen molar-refractivity contribution in [1.29, 1.82) is 0 Å². The Morgan fingerprint density at radius 1 is 1.20 bits per heavy atom. The van der Waals surface area contributed by atoms with E-state index < -0.39 is 5.97 Å². The Morgan fingerprint density at radius 3 is 2.27 bits per heavy atom. The number of carboxylic acid groups (broad SMARTS) is 1. The zero-order valence-electron chi connectivity index (χ0n) is 9.66. The molecule has 1 N–H and O–H groups in total. The molecule has 0 fully saturated rings. The van der Waals surface area contributed by atoms with E-state index in [0.29, 0.717) is 12.3 Å². The maximum absolute atomic E-state index is 11.2.